The van der Waals surface area contributed by atoms with Gasteiger partial charge in [-0.2, -0.15) is 0 Å². The van der Waals surface area contributed by atoms with Gasteiger partial charge >= 0.3 is 5.97 Å². The Morgan fingerprint density at radius 1 is 1.14 bits per heavy atom. The lowest BCUT2D eigenvalue weighted by Crippen LogP contribution is -2.18. The van der Waals surface area contributed by atoms with Crippen molar-refractivity contribution in [2.45, 2.75) is 0 Å². The molecule has 0 aromatic heterocycles. The van der Waals surface area contributed by atoms with Crippen molar-refractivity contribution in [3.63, 3.8) is 0 Å². The molecule has 3 N–H and O–H groups in total. The number of primary amides is 1. The van der Waals surface area contributed by atoms with Gasteiger partial charge in [-0.25, -0.2) is 4.79 Å². The molecule has 6 heteroatoms. The van der Waals surface area contributed by atoms with Gasteiger partial charge in [0.05, 0.1) is 16.8 Å². The normalized spacial score (nSPS) is 10.2. The Morgan fingerprint density at radius 3 is 2.29 bits per heavy atom. The predicted octanol–water partition coefficient (Wildman–Crippen LogP) is 3.01. The second kappa shape index (κ2) is 5.97. The number of carbonyl (C=O) groups excluding carboxylic acids is 1. The first-order valence-corrected chi connectivity index (χ1v) is 6.86. The van der Waals surface area contributed by atoms with Gasteiger partial charge in [-0.05, 0) is 42.5 Å². The number of nitrogens with zero attached hydrogens (tertiary/aromatic N) is 1. The number of nitrogens with two attached hydrogens (primary N) is 1. The highest BCUT2D eigenvalue weighted by atomic mass is 79.9. The summed E-state index contributed by atoms with van der Waals surface area (Å²) in [6.07, 6.45) is 0. The fourth-order valence-corrected chi connectivity index (χ4v) is 2.33. The van der Waals surface area contributed by atoms with Gasteiger partial charge in [-0.15, -0.1) is 0 Å². The van der Waals surface area contributed by atoms with E-state index in [1.807, 2.05) is 6.07 Å². The molecule has 2 aromatic rings. The topological polar surface area (TPSA) is 83.6 Å². The maximum atomic E-state index is 11.6. The van der Waals surface area contributed by atoms with Gasteiger partial charge in [0.25, 0.3) is 5.91 Å². The minimum Gasteiger partial charge on any atom is -0.478 e. The van der Waals surface area contributed by atoms with Crippen molar-refractivity contribution >= 4 is 39.2 Å². The van der Waals surface area contributed by atoms with Crippen molar-refractivity contribution in [1.29, 1.82) is 0 Å². The third-order valence-corrected chi connectivity index (χ3v) is 3.58. The van der Waals surface area contributed by atoms with Gasteiger partial charge in [0.15, 0.2) is 0 Å². The van der Waals surface area contributed by atoms with E-state index in [0.29, 0.717) is 11.3 Å². The van der Waals surface area contributed by atoms with Gasteiger partial charge in [0.2, 0.25) is 0 Å². The number of rotatable bonds is 4. The van der Waals surface area contributed by atoms with Crippen LogP contribution in [0, 0.1) is 0 Å². The lowest BCUT2D eigenvalue weighted by atomic mass is 10.1. The number of carboxylic acid groups (broad SMARTS) is 1. The monoisotopic (exact) mass is 348 g/mol. The Morgan fingerprint density at radius 2 is 1.76 bits per heavy atom. The minimum absolute atomic E-state index is 0.207. The second-order valence-corrected chi connectivity index (χ2v) is 5.35. The third-order valence-electron chi connectivity index (χ3n) is 3.09. The molecule has 0 saturated heterocycles. The van der Waals surface area contributed by atoms with E-state index in [0.717, 1.165) is 10.2 Å². The molecule has 1 amide bonds. The summed E-state index contributed by atoms with van der Waals surface area (Å²) in [5.41, 5.74) is 7.39. The molecule has 0 aliphatic carbocycles. The van der Waals surface area contributed by atoms with Crippen molar-refractivity contribution in [3.05, 3.63) is 58.1 Å². The van der Waals surface area contributed by atoms with E-state index in [2.05, 4.69) is 15.9 Å². The highest BCUT2D eigenvalue weighted by molar-refractivity contribution is 9.10. The summed E-state index contributed by atoms with van der Waals surface area (Å²) in [7, 11) is 1.78. The van der Waals surface area contributed by atoms with Gasteiger partial charge < -0.3 is 15.7 Å². The van der Waals surface area contributed by atoms with Crippen molar-refractivity contribution in [2.24, 2.45) is 5.73 Å². The molecule has 21 heavy (non-hydrogen) atoms. The van der Waals surface area contributed by atoms with E-state index in [1.165, 1.54) is 12.1 Å². The summed E-state index contributed by atoms with van der Waals surface area (Å²) >= 11 is 3.30. The summed E-state index contributed by atoms with van der Waals surface area (Å²) in [4.78, 5) is 24.2. The largest absolute Gasteiger partial charge is 0.478 e. The van der Waals surface area contributed by atoms with E-state index in [9.17, 15) is 9.59 Å². The maximum Gasteiger partial charge on any atom is 0.335 e. The number of anilines is 2. The molecule has 0 spiro atoms. The van der Waals surface area contributed by atoms with Crippen LogP contribution < -0.4 is 10.6 Å². The number of benzene rings is 2. The highest BCUT2D eigenvalue weighted by Gasteiger charge is 2.14. The van der Waals surface area contributed by atoms with Crippen LogP contribution in [0.25, 0.3) is 0 Å². The van der Waals surface area contributed by atoms with Crippen LogP contribution in [0.2, 0.25) is 0 Å². The standard InChI is InChI=1S/C15H13BrN2O3/c1-18(11-5-2-9(3-6-11)15(20)21)13-7-4-10(16)8-12(13)14(17)19/h2-8H,1H3,(H2,17,19)(H,20,21). The molecule has 2 aromatic carbocycles. The summed E-state index contributed by atoms with van der Waals surface area (Å²) in [5, 5.41) is 8.90. The Bertz CT molecular complexity index is 699. The molecular formula is C15H13BrN2O3. The molecule has 0 radical (unpaired) electrons. The first-order chi connectivity index (χ1) is 9.90. The zero-order chi connectivity index (χ0) is 15.6. The third kappa shape index (κ3) is 3.22. The van der Waals surface area contributed by atoms with Crippen LogP contribution in [0.15, 0.2) is 46.9 Å². The quantitative estimate of drug-likeness (QED) is 0.889. The molecule has 0 unspecified atom stereocenters. The predicted molar refractivity (Wildman–Crippen MR) is 84.1 cm³/mol. The summed E-state index contributed by atoms with van der Waals surface area (Å²) in [6, 6.07) is 11.6. The smallest absolute Gasteiger partial charge is 0.335 e. The average Bonchev–Trinajstić information content (AvgIpc) is 2.46. The van der Waals surface area contributed by atoms with Gasteiger partial charge in [0.1, 0.15) is 0 Å². The molecule has 0 fully saturated rings. The van der Waals surface area contributed by atoms with Crippen LogP contribution in [0.1, 0.15) is 20.7 Å². The van der Waals surface area contributed by atoms with Crippen molar-refractivity contribution in [1.82, 2.24) is 0 Å². The van der Waals surface area contributed by atoms with Crippen LogP contribution in [0.3, 0.4) is 0 Å². The highest BCUT2D eigenvalue weighted by Crippen LogP contribution is 2.29. The first-order valence-electron chi connectivity index (χ1n) is 6.06. The Balaban J connectivity index is 2.42. The number of hydrogen-bond donors (Lipinski definition) is 2. The number of carboxylic acids is 1. The number of carbonyl (C=O) groups is 2. The number of hydrogen-bond acceptors (Lipinski definition) is 3. The lowest BCUT2D eigenvalue weighted by molar-refractivity contribution is 0.0696. The molecule has 0 aliphatic rings. The van der Waals surface area contributed by atoms with Crippen molar-refractivity contribution < 1.29 is 14.7 Å². The fourth-order valence-electron chi connectivity index (χ4n) is 1.96. The van der Waals surface area contributed by atoms with Crippen LogP contribution >= 0.6 is 15.9 Å². The number of halogens is 1. The number of aromatic carboxylic acids is 1. The SMILES string of the molecule is CN(c1ccc(C(=O)O)cc1)c1ccc(Br)cc1C(N)=O. The van der Waals surface area contributed by atoms with Crippen molar-refractivity contribution in [3.8, 4) is 0 Å². The summed E-state index contributed by atoms with van der Waals surface area (Å²) < 4.78 is 0.759. The minimum atomic E-state index is -0.981. The maximum absolute atomic E-state index is 11.6. The van der Waals surface area contributed by atoms with Gasteiger partial charge in [-0.3, -0.25) is 4.79 Å². The van der Waals surface area contributed by atoms with E-state index in [4.69, 9.17) is 10.8 Å². The lowest BCUT2D eigenvalue weighted by Gasteiger charge is -2.22. The zero-order valence-electron chi connectivity index (χ0n) is 11.2. The Hall–Kier alpha value is -2.34. The Kier molecular flexibility index (Phi) is 4.28. The van der Waals surface area contributed by atoms with Crippen LogP contribution in [0.4, 0.5) is 11.4 Å². The molecular weight excluding hydrogens is 336 g/mol. The molecule has 0 bridgehead atoms. The Labute approximate surface area is 130 Å². The van der Waals surface area contributed by atoms with Crippen LogP contribution in [0.5, 0.6) is 0 Å². The van der Waals surface area contributed by atoms with E-state index in [-0.39, 0.29) is 5.56 Å². The van der Waals surface area contributed by atoms with E-state index < -0.39 is 11.9 Å². The van der Waals surface area contributed by atoms with Crippen LogP contribution in [-0.2, 0) is 0 Å². The first kappa shape index (κ1) is 15.1. The second-order valence-electron chi connectivity index (χ2n) is 4.44. The molecule has 0 saturated carbocycles. The van der Waals surface area contributed by atoms with E-state index in [1.54, 1.807) is 36.2 Å². The van der Waals surface area contributed by atoms with Gasteiger partial charge in [-0.1, -0.05) is 15.9 Å². The molecule has 0 atom stereocenters. The molecule has 2 rings (SSSR count). The molecule has 0 aliphatic heterocycles. The molecule has 5 nitrogen and oxygen atoms in total. The zero-order valence-corrected chi connectivity index (χ0v) is 12.8. The van der Waals surface area contributed by atoms with Crippen LogP contribution in [-0.4, -0.2) is 24.0 Å². The fraction of sp³-hybridized carbons (Fsp3) is 0.0667. The molecule has 0 heterocycles. The van der Waals surface area contributed by atoms with Crippen molar-refractivity contribution in [2.75, 3.05) is 11.9 Å². The summed E-state index contributed by atoms with van der Waals surface area (Å²) in [6.45, 7) is 0. The van der Waals surface area contributed by atoms with E-state index >= 15 is 0 Å². The summed E-state index contributed by atoms with van der Waals surface area (Å²) in [5.74, 6) is -1.51. The van der Waals surface area contributed by atoms with Gasteiger partial charge in [0, 0.05) is 17.2 Å². The molecule has 108 valence electrons. The average molecular weight is 349 g/mol. The number of amides is 1.